The van der Waals surface area contributed by atoms with Crippen LogP contribution in [0.2, 0.25) is 10.0 Å². The van der Waals surface area contributed by atoms with Gasteiger partial charge in [0.2, 0.25) is 11.7 Å². The second-order valence-corrected chi connectivity index (χ2v) is 8.90. The Morgan fingerprint density at radius 3 is 2.28 bits per heavy atom. The molecule has 0 radical (unpaired) electrons. The molecule has 0 bridgehead atoms. The Kier molecular flexibility index (Phi) is 8.75. The molecule has 0 N–H and O–H groups in total. The third-order valence-corrected chi connectivity index (χ3v) is 5.04. The quantitative estimate of drug-likeness (QED) is 0.279. The predicted octanol–water partition coefficient (Wildman–Crippen LogP) is 5.54. The van der Waals surface area contributed by atoms with Gasteiger partial charge >= 0.3 is 5.97 Å². The first-order valence-corrected chi connectivity index (χ1v) is 10.6. The average molecular weight is 486 g/mol. The van der Waals surface area contributed by atoms with E-state index in [0.717, 1.165) is 12.1 Å². The lowest BCUT2D eigenvalue weighted by Crippen LogP contribution is -2.36. The van der Waals surface area contributed by atoms with Crippen molar-refractivity contribution in [2.75, 3.05) is 11.4 Å². The fourth-order valence-corrected chi connectivity index (χ4v) is 3.14. The number of esters is 1. The largest absolute Gasteiger partial charge is 0.454 e. The highest BCUT2D eigenvalue weighted by atomic mass is 35.5. The van der Waals surface area contributed by atoms with Crippen molar-refractivity contribution in [3.05, 3.63) is 63.6 Å². The first-order chi connectivity index (χ1) is 14.9. The SMILES string of the molecule is CC(C)(C)OC(=O)C(=O)CC(=O)N(CCCc1ccc(F)cc1F)c1ccc(Cl)c(Cl)c1. The van der Waals surface area contributed by atoms with Crippen LogP contribution in [0.25, 0.3) is 0 Å². The van der Waals surface area contributed by atoms with Gasteiger partial charge in [-0.1, -0.05) is 29.3 Å². The molecular formula is C23H23Cl2F2NO4. The van der Waals surface area contributed by atoms with Crippen LogP contribution in [0, 0.1) is 11.6 Å². The number of nitrogens with zero attached hydrogens (tertiary/aromatic N) is 1. The van der Waals surface area contributed by atoms with Crippen molar-refractivity contribution in [1.82, 2.24) is 0 Å². The Bertz CT molecular complexity index is 1020. The van der Waals surface area contributed by atoms with Gasteiger partial charge in [0.1, 0.15) is 17.2 Å². The molecule has 0 aliphatic carbocycles. The van der Waals surface area contributed by atoms with E-state index < -0.39 is 41.3 Å². The number of halogens is 4. The second-order valence-electron chi connectivity index (χ2n) is 8.08. The summed E-state index contributed by atoms with van der Waals surface area (Å²) >= 11 is 12.0. The van der Waals surface area contributed by atoms with Crippen LogP contribution in [0.1, 0.15) is 39.2 Å². The summed E-state index contributed by atoms with van der Waals surface area (Å²) in [4.78, 5) is 38.3. The van der Waals surface area contributed by atoms with Gasteiger partial charge in [-0.3, -0.25) is 9.59 Å². The van der Waals surface area contributed by atoms with Crippen LogP contribution in [0.3, 0.4) is 0 Å². The molecule has 2 aromatic rings. The Labute approximate surface area is 195 Å². The standard InChI is InChI=1S/C23H23Cl2F2NO4/c1-23(2,3)32-22(31)20(29)13-21(30)28(16-8-9-17(24)18(25)12-16)10-4-5-14-6-7-15(26)11-19(14)27/h6-9,11-12H,4-5,10,13H2,1-3H3. The number of carbonyl (C=O) groups excluding carboxylic acids is 3. The molecule has 0 unspecified atom stereocenters. The van der Waals surface area contributed by atoms with Gasteiger partial charge in [0.25, 0.3) is 0 Å². The van der Waals surface area contributed by atoms with Gasteiger partial charge in [0, 0.05) is 18.3 Å². The highest BCUT2D eigenvalue weighted by Crippen LogP contribution is 2.28. The zero-order chi connectivity index (χ0) is 24.1. The van der Waals surface area contributed by atoms with Crippen molar-refractivity contribution in [2.45, 2.75) is 45.6 Å². The normalized spacial score (nSPS) is 11.2. The van der Waals surface area contributed by atoms with E-state index in [4.69, 9.17) is 27.9 Å². The van der Waals surface area contributed by atoms with Crippen molar-refractivity contribution < 1.29 is 27.9 Å². The Morgan fingerprint density at radius 2 is 1.69 bits per heavy atom. The monoisotopic (exact) mass is 485 g/mol. The highest BCUT2D eigenvalue weighted by Gasteiger charge is 2.27. The van der Waals surface area contributed by atoms with Crippen LogP contribution >= 0.6 is 23.2 Å². The van der Waals surface area contributed by atoms with E-state index in [1.807, 2.05) is 0 Å². The zero-order valence-electron chi connectivity index (χ0n) is 17.9. The van der Waals surface area contributed by atoms with Gasteiger partial charge in [-0.05, 0) is 63.4 Å². The first kappa shape index (κ1) is 25.7. The summed E-state index contributed by atoms with van der Waals surface area (Å²) in [6.07, 6.45) is -0.188. The molecule has 2 rings (SSSR count). The molecular weight excluding hydrogens is 463 g/mol. The summed E-state index contributed by atoms with van der Waals surface area (Å²) in [7, 11) is 0. The maximum Gasteiger partial charge on any atom is 0.375 e. The molecule has 0 atom stereocenters. The molecule has 32 heavy (non-hydrogen) atoms. The van der Waals surface area contributed by atoms with Gasteiger partial charge in [-0.15, -0.1) is 0 Å². The molecule has 0 aliphatic rings. The Hall–Kier alpha value is -2.51. The van der Waals surface area contributed by atoms with Crippen molar-refractivity contribution in [1.29, 1.82) is 0 Å². The fraction of sp³-hybridized carbons (Fsp3) is 0.348. The first-order valence-electron chi connectivity index (χ1n) is 9.83. The number of ketones is 1. The maximum absolute atomic E-state index is 13.9. The zero-order valence-corrected chi connectivity index (χ0v) is 19.4. The third kappa shape index (κ3) is 7.57. The molecule has 0 saturated heterocycles. The summed E-state index contributed by atoms with van der Waals surface area (Å²) in [5.41, 5.74) is -0.225. The molecule has 0 fully saturated rings. The number of carbonyl (C=O) groups is 3. The summed E-state index contributed by atoms with van der Waals surface area (Å²) in [5, 5.41) is 0.478. The minimum atomic E-state index is -1.10. The highest BCUT2D eigenvalue weighted by molar-refractivity contribution is 6.42. The predicted molar refractivity (Wildman–Crippen MR) is 119 cm³/mol. The van der Waals surface area contributed by atoms with Crippen molar-refractivity contribution in [3.63, 3.8) is 0 Å². The summed E-state index contributed by atoms with van der Waals surface area (Å²) in [6, 6.07) is 7.77. The van der Waals surface area contributed by atoms with Crippen LogP contribution in [-0.2, 0) is 25.5 Å². The molecule has 0 spiro atoms. The van der Waals surface area contributed by atoms with Crippen LogP contribution in [0.4, 0.5) is 14.5 Å². The van der Waals surface area contributed by atoms with E-state index in [1.54, 1.807) is 26.8 Å². The molecule has 1 amide bonds. The molecule has 0 aliphatic heterocycles. The number of aryl methyl sites for hydroxylation is 1. The van der Waals surface area contributed by atoms with E-state index in [-0.39, 0.29) is 28.6 Å². The van der Waals surface area contributed by atoms with Gasteiger partial charge in [-0.2, -0.15) is 0 Å². The Balaban J connectivity index is 2.16. The summed E-state index contributed by atoms with van der Waals surface area (Å²) < 4.78 is 32.0. The number of hydrogen-bond acceptors (Lipinski definition) is 4. The van der Waals surface area contributed by atoms with Gasteiger partial charge < -0.3 is 9.64 Å². The lowest BCUT2D eigenvalue weighted by Gasteiger charge is -2.24. The number of ether oxygens (including phenoxy) is 1. The summed E-state index contributed by atoms with van der Waals surface area (Å²) in [6.45, 7) is 4.92. The summed E-state index contributed by atoms with van der Waals surface area (Å²) in [5.74, 6) is -4.11. The second kappa shape index (κ2) is 10.9. The van der Waals surface area contributed by atoms with Gasteiger partial charge in [-0.25, -0.2) is 13.6 Å². The van der Waals surface area contributed by atoms with Crippen LogP contribution in [0.15, 0.2) is 36.4 Å². The van der Waals surface area contributed by atoms with Crippen molar-refractivity contribution >= 4 is 46.5 Å². The molecule has 0 aromatic heterocycles. The molecule has 0 heterocycles. The minimum absolute atomic E-state index is 0.0925. The average Bonchev–Trinajstić information content (AvgIpc) is 2.67. The molecule has 172 valence electrons. The van der Waals surface area contributed by atoms with Crippen molar-refractivity contribution in [2.24, 2.45) is 0 Å². The molecule has 0 saturated carbocycles. The lowest BCUT2D eigenvalue weighted by atomic mass is 10.1. The fourth-order valence-electron chi connectivity index (χ4n) is 2.84. The number of benzene rings is 2. The minimum Gasteiger partial charge on any atom is -0.454 e. The van der Waals surface area contributed by atoms with Gasteiger partial charge in [0.15, 0.2) is 0 Å². The van der Waals surface area contributed by atoms with E-state index >= 15 is 0 Å². The number of Topliss-reactive ketones (excluding diaryl/α,β-unsaturated/α-hetero) is 1. The third-order valence-electron chi connectivity index (χ3n) is 4.30. The molecule has 2 aromatic carbocycles. The number of amides is 1. The topological polar surface area (TPSA) is 63.7 Å². The van der Waals surface area contributed by atoms with Crippen LogP contribution in [0.5, 0.6) is 0 Å². The van der Waals surface area contributed by atoms with Crippen LogP contribution in [-0.4, -0.2) is 29.8 Å². The van der Waals surface area contributed by atoms with E-state index in [2.05, 4.69) is 0 Å². The van der Waals surface area contributed by atoms with E-state index in [1.165, 1.54) is 23.1 Å². The number of hydrogen-bond donors (Lipinski definition) is 0. The lowest BCUT2D eigenvalue weighted by molar-refractivity contribution is -0.163. The smallest absolute Gasteiger partial charge is 0.375 e. The van der Waals surface area contributed by atoms with Crippen molar-refractivity contribution in [3.8, 4) is 0 Å². The number of rotatable bonds is 8. The Morgan fingerprint density at radius 1 is 1.00 bits per heavy atom. The van der Waals surface area contributed by atoms with E-state index in [0.29, 0.717) is 12.1 Å². The number of anilines is 1. The molecule has 5 nitrogen and oxygen atoms in total. The van der Waals surface area contributed by atoms with Gasteiger partial charge in [0.05, 0.1) is 16.5 Å². The maximum atomic E-state index is 13.9. The van der Waals surface area contributed by atoms with E-state index in [9.17, 15) is 23.2 Å². The molecule has 9 heteroatoms. The van der Waals surface area contributed by atoms with Crippen LogP contribution < -0.4 is 4.90 Å².